The summed E-state index contributed by atoms with van der Waals surface area (Å²) in [5.74, 6) is -0.364. The molecule has 5 nitrogen and oxygen atoms in total. The molecule has 2 heterocycles. The van der Waals surface area contributed by atoms with Crippen LogP contribution in [0.1, 0.15) is 9.75 Å². The highest BCUT2D eigenvalue weighted by molar-refractivity contribution is 7.89. The lowest BCUT2D eigenvalue weighted by molar-refractivity contribution is -0.111. The van der Waals surface area contributed by atoms with Crippen LogP contribution in [0.3, 0.4) is 0 Å². The predicted octanol–water partition coefficient (Wildman–Crippen LogP) is 4.89. The molecule has 28 heavy (non-hydrogen) atoms. The Balaban J connectivity index is 1.97. The lowest BCUT2D eigenvalue weighted by Crippen LogP contribution is -2.22. The van der Waals surface area contributed by atoms with Gasteiger partial charge in [-0.15, -0.1) is 22.7 Å². The molecule has 146 valence electrons. The number of sulfonamides is 1. The molecule has 1 amide bonds. The van der Waals surface area contributed by atoms with E-state index in [4.69, 9.17) is 11.6 Å². The number of hydrogen-bond donors (Lipinski definition) is 1. The van der Waals surface area contributed by atoms with Crippen molar-refractivity contribution in [3.63, 3.8) is 0 Å². The van der Waals surface area contributed by atoms with Gasteiger partial charge in [-0.1, -0.05) is 23.7 Å². The molecule has 0 fully saturated rings. The fraction of sp³-hybridized carbons (Fsp3) is 0.105. The smallest absolute Gasteiger partial charge is 0.257 e. The first kappa shape index (κ1) is 20.8. The van der Waals surface area contributed by atoms with Gasteiger partial charge in [0.25, 0.3) is 5.91 Å². The highest BCUT2D eigenvalue weighted by Crippen LogP contribution is 2.30. The number of carbonyl (C=O) groups is 1. The zero-order valence-corrected chi connectivity index (χ0v) is 18.3. The van der Waals surface area contributed by atoms with E-state index in [1.54, 1.807) is 6.08 Å². The number of carbonyl (C=O) groups excluding carboxylic acids is 1. The summed E-state index contributed by atoms with van der Waals surface area (Å²) in [7, 11) is -0.753. The molecule has 9 heteroatoms. The molecule has 2 aromatic heterocycles. The SMILES string of the molecule is CN(C)S(=O)(=O)c1ccc(Cl)c(NC(=O)/C(=C/c2cccs2)c2cccs2)c1. The van der Waals surface area contributed by atoms with E-state index < -0.39 is 10.0 Å². The van der Waals surface area contributed by atoms with E-state index in [-0.39, 0.29) is 21.5 Å². The molecule has 3 aromatic rings. The van der Waals surface area contributed by atoms with Gasteiger partial charge in [0.15, 0.2) is 0 Å². The molecular weight excluding hydrogens is 436 g/mol. The van der Waals surface area contributed by atoms with E-state index in [2.05, 4.69) is 5.32 Å². The summed E-state index contributed by atoms with van der Waals surface area (Å²) in [4.78, 5) is 14.8. The third-order valence-electron chi connectivity index (χ3n) is 3.83. The van der Waals surface area contributed by atoms with Gasteiger partial charge in [-0.3, -0.25) is 4.79 Å². The highest BCUT2D eigenvalue weighted by Gasteiger charge is 2.20. The number of benzene rings is 1. The van der Waals surface area contributed by atoms with E-state index in [1.165, 1.54) is 55.0 Å². The Labute approximate surface area is 176 Å². The molecule has 3 rings (SSSR count). The van der Waals surface area contributed by atoms with E-state index in [0.717, 1.165) is 14.1 Å². The molecule has 0 saturated heterocycles. The van der Waals surface area contributed by atoms with Crippen LogP contribution in [0.5, 0.6) is 0 Å². The van der Waals surface area contributed by atoms with Gasteiger partial charge in [0.1, 0.15) is 0 Å². The molecule has 0 unspecified atom stereocenters. The molecule has 1 N–H and O–H groups in total. The third kappa shape index (κ3) is 4.53. The average Bonchev–Trinajstić information content (AvgIpc) is 3.34. The van der Waals surface area contributed by atoms with Crippen molar-refractivity contribution in [1.29, 1.82) is 0 Å². The Hall–Kier alpha value is -1.97. The van der Waals surface area contributed by atoms with E-state index in [0.29, 0.717) is 5.57 Å². The minimum atomic E-state index is -3.64. The van der Waals surface area contributed by atoms with Gasteiger partial charge >= 0.3 is 0 Å². The standard InChI is InChI=1S/C19H17ClN2O3S3/c1-22(2)28(24,25)14-7-8-16(20)17(12-14)21-19(23)15(18-6-4-10-27-18)11-13-5-3-9-26-13/h3-12H,1-2H3,(H,21,23)/b15-11+. The van der Waals surface area contributed by atoms with Gasteiger partial charge in [-0.2, -0.15) is 0 Å². The van der Waals surface area contributed by atoms with Crippen LogP contribution < -0.4 is 5.32 Å². The first-order valence-electron chi connectivity index (χ1n) is 8.11. The third-order valence-corrected chi connectivity index (χ3v) is 7.69. The normalized spacial score (nSPS) is 12.4. The van der Waals surface area contributed by atoms with Crippen molar-refractivity contribution in [1.82, 2.24) is 4.31 Å². The van der Waals surface area contributed by atoms with Crippen LogP contribution in [0.25, 0.3) is 11.6 Å². The van der Waals surface area contributed by atoms with Gasteiger partial charge in [0, 0.05) is 23.8 Å². The zero-order valence-electron chi connectivity index (χ0n) is 15.0. The number of hydrogen-bond acceptors (Lipinski definition) is 5. The van der Waals surface area contributed by atoms with Crippen LogP contribution in [-0.4, -0.2) is 32.7 Å². The van der Waals surface area contributed by atoms with Gasteiger partial charge in [0.2, 0.25) is 10.0 Å². The molecule has 0 spiro atoms. The number of rotatable bonds is 6. The van der Waals surface area contributed by atoms with Crippen molar-refractivity contribution in [3.8, 4) is 0 Å². The zero-order chi connectivity index (χ0) is 20.3. The predicted molar refractivity (Wildman–Crippen MR) is 117 cm³/mol. The summed E-state index contributed by atoms with van der Waals surface area (Å²) >= 11 is 9.17. The molecular formula is C19H17ClN2O3S3. The quantitative estimate of drug-likeness (QED) is 0.541. The van der Waals surface area contributed by atoms with Crippen LogP contribution in [0.2, 0.25) is 5.02 Å². The second kappa shape index (κ2) is 8.59. The van der Waals surface area contributed by atoms with Crippen LogP contribution in [0, 0.1) is 0 Å². The van der Waals surface area contributed by atoms with Gasteiger partial charge in [-0.05, 0) is 47.2 Å². The molecule has 0 aliphatic heterocycles. The van der Waals surface area contributed by atoms with E-state index >= 15 is 0 Å². The topological polar surface area (TPSA) is 66.5 Å². The second-order valence-electron chi connectivity index (χ2n) is 5.93. The second-order valence-corrected chi connectivity index (χ2v) is 10.4. The largest absolute Gasteiger partial charge is 0.321 e. The van der Waals surface area contributed by atoms with Crippen LogP contribution in [0.4, 0.5) is 5.69 Å². The minimum Gasteiger partial charge on any atom is -0.321 e. The van der Waals surface area contributed by atoms with Gasteiger partial charge < -0.3 is 5.32 Å². The highest BCUT2D eigenvalue weighted by atomic mass is 35.5. The van der Waals surface area contributed by atoms with Gasteiger partial charge in [-0.25, -0.2) is 12.7 Å². The summed E-state index contributed by atoms with van der Waals surface area (Å²) in [6, 6.07) is 11.8. The van der Waals surface area contributed by atoms with Gasteiger partial charge in [0.05, 0.1) is 21.2 Å². The number of halogens is 1. The van der Waals surface area contributed by atoms with Crippen molar-refractivity contribution in [3.05, 3.63) is 68.0 Å². The fourth-order valence-corrected chi connectivity index (χ4v) is 4.85. The number of thiophene rings is 2. The number of anilines is 1. The maximum absolute atomic E-state index is 13.0. The summed E-state index contributed by atoms with van der Waals surface area (Å²) < 4.78 is 25.9. The number of amides is 1. The van der Waals surface area contributed by atoms with Crippen molar-refractivity contribution in [2.75, 3.05) is 19.4 Å². The van der Waals surface area contributed by atoms with Crippen molar-refractivity contribution >= 4 is 67.5 Å². The Bertz CT molecular complexity index is 1100. The Morgan fingerprint density at radius 1 is 1.11 bits per heavy atom. The van der Waals surface area contributed by atoms with Crippen molar-refractivity contribution in [2.24, 2.45) is 0 Å². The summed E-state index contributed by atoms with van der Waals surface area (Å²) in [5, 5.41) is 6.83. The summed E-state index contributed by atoms with van der Waals surface area (Å²) in [6.07, 6.45) is 1.81. The first-order chi connectivity index (χ1) is 13.3. The molecule has 0 aliphatic carbocycles. The Kier molecular flexibility index (Phi) is 6.36. The molecule has 1 aromatic carbocycles. The van der Waals surface area contributed by atoms with Crippen LogP contribution >= 0.6 is 34.3 Å². The van der Waals surface area contributed by atoms with E-state index in [1.807, 2.05) is 35.0 Å². The maximum Gasteiger partial charge on any atom is 0.257 e. The lowest BCUT2D eigenvalue weighted by atomic mass is 10.1. The summed E-state index contributed by atoms with van der Waals surface area (Å²) in [6.45, 7) is 0. The van der Waals surface area contributed by atoms with Crippen molar-refractivity contribution in [2.45, 2.75) is 4.90 Å². The maximum atomic E-state index is 13.0. The lowest BCUT2D eigenvalue weighted by Gasteiger charge is -2.14. The fourth-order valence-electron chi connectivity index (χ4n) is 2.36. The van der Waals surface area contributed by atoms with Crippen LogP contribution in [0.15, 0.2) is 58.1 Å². The average molecular weight is 453 g/mol. The molecule has 0 aliphatic rings. The molecule has 0 bridgehead atoms. The molecule has 0 atom stereocenters. The minimum absolute atomic E-state index is 0.0529. The molecule has 0 saturated carbocycles. The monoisotopic (exact) mass is 452 g/mol. The van der Waals surface area contributed by atoms with Crippen molar-refractivity contribution < 1.29 is 13.2 Å². The van der Waals surface area contributed by atoms with Crippen LogP contribution in [-0.2, 0) is 14.8 Å². The Morgan fingerprint density at radius 3 is 2.43 bits per heavy atom. The number of nitrogens with zero attached hydrogens (tertiary/aromatic N) is 1. The molecule has 0 radical (unpaired) electrons. The van der Waals surface area contributed by atoms with E-state index in [9.17, 15) is 13.2 Å². The number of nitrogens with one attached hydrogen (secondary N) is 1. The summed E-state index contributed by atoms with van der Waals surface area (Å²) in [5.41, 5.74) is 0.720. The first-order valence-corrected chi connectivity index (χ1v) is 11.7. The Morgan fingerprint density at radius 2 is 1.82 bits per heavy atom.